The zero-order valence-corrected chi connectivity index (χ0v) is 6.59. The topological polar surface area (TPSA) is 53.4 Å². The Morgan fingerprint density at radius 1 is 1.21 bits per heavy atom. The second-order valence-corrected chi connectivity index (χ2v) is 2.46. The van der Waals surface area contributed by atoms with Crippen LogP contribution in [-0.4, -0.2) is 22.2 Å². The molecule has 1 rings (SSSR count). The van der Waals surface area contributed by atoms with Crippen LogP contribution in [0.3, 0.4) is 0 Å². The summed E-state index contributed by atoms with van der Waals surface area (Å²) in [4.78, 5) is 3.05. The number of nitrogens with zero attached hydrogens (tertiary/aromatic N) is 1. The molecule has 76 valence electrons. The molecule has 14 heavy (non-hydrogen) atoms. The Morgan fingerprint density at radius 2 is 1.79 bits per heavy atom. The molecule has 1 heterocycles. The molecule has 0 saturated heterocycles. The fourth-order valence-corrected chi connectivity index (χ4v) is 0.839. The van der Waals surface area contributed by atoms with Gasteiger partial charge in [-0.3, -0.25) is 4.98 Å². The summed E-state index contributed by atoms with van der Waals surface area (Å²) in [6.45, 7) is 0. The minimum Gasteiger partial charge on any atom is -0.423 e. The Bertz CT molecular complexity index is 341. The quantitative estimate of drug-likeness (QED) is 0.502. The van der Waals surface area contributed by atoms with Crippen LogP contribution in [0.4, 0.5) is 17.6 Å². The summed E-state index contributed by atoms with van der Waals surface area (Å²) in [6, 6.07) is 0. The molecule has 0 aliphatic heterocycles. The molecule has 0 aromatic carbocycles. The molecule has 3 nitrogen and oxygen atoms in total. The van der Waals surface area contributed by atoms with Gasteiger partial charge >= 0.3 is 13.3 Å². The second-order valence-electron chi connectivity index (χ2n) is 2.46. The van der Waals surface area contributed by atoms with Gasteiger partial charge in [0.2, 0.25) is 0 Å². The standard InChI is InChI=1S/C6H4BF4NO2/c8-5-3(6(9,10)11)1-12-2-4(5)7(13)14/h1-2,13-14H. The molecule has 0 radical (unpaired) electrons. The largest absolute Gasteiger partial charge is 0.493 e. The van der Waals surface area contributed by atoms with Crippen LogP contribution in [0.5, 0.6) is 0 Å². The lowest BCUT2D eigenvalue weighted by molar-refractivity contribution is -0.140. The van der Waals surface area contributed by atoms with E-state index in [2.05, 4.69) is 4.98 Å². The smallest absolute Gasteiger partial charge is 0.423 e. The lowest BCUT2D eigenvalue weighted by Gasteiger charge is -2.09. The van der Waals surface area contributed by atoms with Gasteiger partial charge in [0.1, 0.15) is 11.4 Å². The Labute approximate surface area is 76.2 Å². The average Bonchev–Trinajstić information content (AvgIpc) is 2.01. The zero-order valence-electron chi connectivity index (χ0n) is 6.59. The van der Waals surface area contributed by atoms with E-state index in [1.165, 1.54) is 0 Å². The molecular weight excluding hydrogens is 205 g/mol. The Hall–Kier alpha value is -1.15. The first kappa shape index (κ1) is 10.9. The van der Waals surface area contributed by atoms with E-state index in [0.717, 1.165) is 0 Å². The number of rotatable bonds is 1. The molecule has 0 bridgehead atoms. The fraction of sp³-hybridized carbons (Fsp3) is 0.167. The predicted octanol–water partition coefficient (Wildman–Crippen LogP) is -0.0807. The molecular formula is C6H4BF4NO2. The maximum atomic E-state index is 12.9. The van der Waals surface area contributed by atoms with Crippen LogP contribution in [0.15, 0.2) is 12.4 Å². The lowest BCUT2D eigenvalue weighted by Crippen LogP contribution is -2.35. The number of pyridine rings is 1. The molecule has 0 aliphatic carbocycles. The van der Waals surface area contributed by atoms with Crippen molar-refractivity contribution in [3.05, 3.63) is 23.8 Å². The average molecular weight is 209 g/mol. The van der Waals surface area contributed by atoms with Gasteiger partial charge in [-0.2, -0.15) is 13.2 Å². The van der Waals surface area contributed by atoms with E-state index < -0.39 is 30.1 Å². The zero-order chi connectivity index (χ0) is 10.9. The van der Waals surface area contributed by atoms with Crippen molar-refractivity contribution >= 4 is 12.6 Å². The van der Waals surface area contributed by atoms with E-state index in [-0.39, 0.29) is 6.20 Å². The molecule has 1 aromatic rings. The maximum absolute atomic E-state index is 12.9. The molecule has 0 fully saturated rings. The van der Waals surface area contributed by atoms with Gasteiger partial charge in [0.05, 0.1) is 0 Å². The van der Waals surface area contributed by atoms with Crippen LogP contribution >= 0.6 is 0 Å². The van der Waals surface area contributed by atoms with Crippen molar-refractivity contribution in [2.75, 3.05) is 0 Å². The molecule has 0 unspecified atom stereocenters. The van der Waals surface area contributed by atoms with Crippen molar-refractivity contribution in [3.8, 4) is 0 Å². The number of hydrogen-bond acceptors (Lipinski definition) is 3. The van der Waals surface area contributed by atoms with Crippen LogP contribution in [-0.2, 0) is 6.18 Å². The number of alkyl halides is 3. The monoisotopic (exact) mass is 209 g/mol. The van der Waals surface area contributed by atoms with Gasteiger partial charge in [-0.25, -0.2) is 4.39 Å². The molecule has 0 saturated carbocycles. The highest BCUT2D eigenvalue weighted by molar-refractivity contribution is 6.58. The van der Waals surface area contributed by atoms with Crippen molar-refractivity contribution in [1.82, 2.24) is 4.98 Å². The third-order valence-corrected chi connectivity index (χ3v) is 1.49. The van der Waals surface area contributed by atoms with Crippen LogP contribution < -0.4 is 5.46 Å². The van der Waals surface area contributed by atoms with Crippen molar-refractivity contribution in [1.29, 1.82) is 0 Å². The highest BCUT2D eigenvalue weighted by atomic mass is 19.4. The van der Waals surface area contributed by atoms with Crippen molar-refractivity contribution in [2.45, 2.75) is 6.18 Å². The summed E-state index contributed by atoms with van der Waals surface area (Å²) in [5.41, 5.74) is -2.53. The van der Waals surface area contributed by atoms with E-state index in [9.17, 15) is 17.6 Å². The normalized spacial score (nSPS) is 11.6. The maximum Gasteiger partial charge on any atom is 0.493 e. The van der Waals surface area contributed by atoms with Crippen LogP contribution in [0, 0.1) is 5.82 Å². The first-order valence-electron chi connectivity index (χ1n) is 3.40. The molecule has 0 aliphatic rings. The first-order chi connectivity index (χ1) is 6.34. The Balaban J connectivity index is 3.28. The van der Waals surface area contributed by atoms with Gasteiger partial charge < -0.3 is 10.0 Å². The predicted molar refractivity (Wildman–Crippen MR) is 39.0 cm³/mol. The summed E-state index contributed by atoms with van der Waals surface area (Å²) in [7, 11) is -2.32. The van der Waals surface area contributed by atoms with E-state index in [0.29, 0.717) is 6.20 Å². The van der Waals surface area contributed by atoms with Crippen molar-refractivity contribution in [2.24, 2.45) is 0 Å². The van der Waals surface area contributed by atoms with Gasteiger partial charge in [0, 0.05) is 17.9 Å². The van der Waals surface area contributed by atoms with E-state index >= 15 is 0 Å². The second kappa shape index (κ2) is 3.54. The summed E-state index contributed by atoms with van der Waals surface area (Å²) < 4.78 is 49.1. The van der Waals surface area contributed by atoms with Gasteiger partial charge in [-0.1, -0.05) is 0 Å². The Kier molecular flexibility index (Phi) is 2.77. The lowest BCUT2D eigenvalue weighted by atomic mass is 9.80. The van der Waals surface area contributed by atoms with Crippen molar-refractivity contribution in [3.63, 3.8) is 0 Å². The highest BCUT2D eigenvalue weighted by Gasteiger charge is 2.36. The summed E-state index contributed by atoms with van der Waals surface area (Å²) in [5, 5.41) is 17.0. The van der Waals surface area contributed by atoms with Gasteiger partial charge in [0.15, 0.2) is 0 Å². The molecule has 0 atom stereocenters. The van der Waals surface area contributed by atoms with E-state index in [1.54, 1.807) is 0 Å². The molecule has 1 aromatic heterocycles. The van der Waals surface area contributed by atoms with Gasteiger partial charge in [0.25, 0.3) is 0 Å². The van der Waals surface area contributed by atoms with E-state index in [4.69, 9.17) is 10.0 Å². The first-order valence-corrected chi connectivity index (χ1v) is 3.40. The van der Waals surface area contributed by atoms with Crippen LogP contribution in [0.25, 0.3) is 0 Å². The highest BCUT2D eigenvalue weighted by Crippen LogP contribution is 2.29. The molecule has 8 heteroatoms. The van der Waals surface area contributed by atoms with Gasteiger partial charge in [-0.15, -0.1) is 0 Å². The SMILES string of the molecule is OB(O)c1cncc(C(F)(F)F)c1F. The fourth-order valence-electron chi connectivity index (χ4n) is 0.839. The Morgan fingerprint density at radius 3 is 2.21 bits per heavy atom. The minimum atomic E-state index is -4.90. The van der Waals surface area contributed by atoms with Gasteiger partial charge in [-0.05, 0) is 0 Å². The minimum absolute atomic E-state index is 0.279. The number of aromatic nitrogens is 1. The van der Waals surface area contributed by atoms with E-state index in [1.807, 2.05) is 0 Å². The van der Waals surface area contributed by atoms with Crippen LogP contribution in [0.1, 0.15) is 5.56 Å². The number of hydrogen-bond donors (Lipinski definition) is 2. The molecule has 0 spiro atoms. The molecule has 0 amide bonds. The van der Waals surface area contributed by atoms with Crippen molar-refractivity contribution < 1.29 is 27.6 Å². The van der Waals surface area contributed by atoms with Crippen LogP contribution in [0.2, 0.25) is 0 Å². The summed E-state index contributed by atoms with van der Waals surface area (Å²) >= 11 is 0. The summed E-state index contributed by atoms with van der Waals surface area (Å²) in [6.07, 6.45) is -4.00. The third-order valence-electron chi connectivity index (χ3n) is 1.49. The molecule has 2 N–H and O–H groups in total. The number of halogens is 4. The summed E-state index contributed by atoms with van der Waals surface area (Å²) in [5.74, 6) is -1.72. The third kappa shape index (κ3) is 2.02.